The number of hydrogen-bond acceptors (Lipinski definition) is 6. The van der Waals surface area contributed by atoms with Crippen molar-refractivity contribution in [2.24, 2.45) is 50.7 Å². The Morgan fingerprint density at radius 3 is 2.23 bits per heavy atom. The predicted molar refractivity (Wildman–Crippen MR) is 182 cm³/mol. The minimum absolute atomic E-state index is 0.00644. The van der Waals surface area contributed by atoms with Crippen LogP contribution in [0.1, 0.15) is 127 Å². The van der Waals surface area contributed by atoms with Crippen molar-refractivity contribution in [1.82, 2.24) is 10.2 Å². The number of carbonyl (C=O) groups excluding carboxylic acids is 3. The molecule has 4 saturated carbocycles. The standard InChI is InChI=1S/C39H62N2O6/c1-23(2)31-25(42)20-39(40-29(43)22-41(10)11)19-18-37(8)24(32(31)39)12-13-27-36(7)16-15-28(47-30(44)21-34(3,4)33(45)46)35(5,6)26(36)14-17-38(27,37)9/h23,26-28,31H,12-22H2,1-11H3,(H,40,43)(H,45,46)/t26-,27+,28-,31?,36-,37+,38+,39+/m0/s1. The van der Waals surface area contributed by atoms with Crippen molar-refractivity contribution in [1.29, 1.82) is 0 Å². The van der Waals surface area contributed by atoms with Gasteiger partial charge >= 0.3 is 11.9 Å². The van der Waals surface area contributed by atoms with E-state index in [2.05, 4.69) is 53.8 Å². The van der Waals surface area contributed by atoms with Gasteiger partial charge in [-0.05, 0) is 119 Å². The highest BCUT2D eigenvalue weighted by Gasteiger charge is 2.69. The molecule has 0 spiro atoms. The van der Waals surface area contributed by atoms with E-state index in [0.29, 0.717) is 24.8 Å². The zero-order valence-corrected chi connectivity index (χ0v) is 31.1. The molecule has 0 aromatic rings. The highest BCUT2D eigenvalue weighted by atomic mass is 16.5. The summed E-state index contributed by atoms with van der Waals surface area (Å²) in [6, 6.07) is 0. The van der Waals surface area contributed by atoms with E-state index in [9.17, 15) is 24.3 Å². The van der Waals surface area contributed by atoms with Crippen LogP contribution in [0.15, 0.2) is 11.1 Å². The maximum absolute atomic E-state index is 13.8. The summed E-state index contributed by atoms with van der Waals surface area (Å²) < 4.78 is 6.13. The normalized spacial score (nSPS) is 39.6. The van der Waals surface area contributed by atoms with Gasteiger partial charge in [0.25, 0.3) is 0 Å². The Hall–Kier alpha value is -2.22. The van der Waals surface area contributed by atoms with Crippen LogP contribution in [-0.4, -0.2) is 65.9 Å². The average molecular weight is 655 g/mol. The van der Waals surface area contributed by atoms with Crippen LogP contribution in [-0.2, 0) is 23.9 Å². The average Bonchev–Trinajstić information content (AvgIpc) is 3.21. The molecule has 0 aliphatic heterocycles. The van der Waals surface area contributed by atoms with Crippen molar-refractivity contribution in [2.75, 3.05) is 20.6 Å². The van der Waals surface area contributed by atoms with Crippen LogP contribution in [0.2, 0.25) is 0 Å². The number of ketones is 1. The first kappa shape index (κ1) is 36.1. The molecule has 5 aliphatic rings. The summed E-state index contributed by atoms with van der Waals surface area (Å²) in [5, 5.41) is 13.0. The summed E-state index contributed by atoms with van der Waals surface area (Å²) in [5.41, 5.74) is 0.780. The number of nitrogens with one attached hydrogen (secondary N) is 1. The molecule has 5 rings (SSSR count). The number of nitrogens with zero attached hydrogens (tertiary/aromatic N) is 1. The Kier molecular flexibility index (Phi) is 8.97. The summed E-state index contributed by atoms with van der Waals surface area (Å²) in [6.07, 6.45) is 7.68. The highest BCUT2D eigenvalue weighted by Crippen LogP contribution is 2.75. The predicted octanol–water partition coefficient (Wildman–Crippen LogP) is 6.81. The summed E-state index contributed by atoms with van der Waals surface area (Å²) in [6.45, 7) is 19.8. The topological polar surface area (TPSA) is 113 Å². The fraction of sp³-hybridized carbons (Fsp3) is 0.846. The van der Waals surface area contributed by atoms with Gasteiger partial charge in [-0.2, -0.15) is 0 Å². The van der Waals surface area contributed by atoms with Gasteiger partial charge in [0.05, 0.1) is 23.9 Å². The van der Waals surface area contributed by atoms with Crippen LogP contribution >= 0.6 is 0 Å². The lowest BCUT2D eigenvalue weighted by atomic mass is 9.34. The Morgan fingerprint density at radius 1 is 0.979 bits per heavy atom. The van der Waals surface area contributed by atoms with Crippen molar-refractivity contribution < 1.29 is 29.0 Å². The van der Waals surface area contributed by atoms with Gasteiger partial charge in [0.1, 0.15) is 11.9 Å². The lowest BCUT2D eigenvalue weighted by Gasteiger charge is -2.70. The number of likely N-dealkylation sites (N-methyl/N-ethyl adjacent to an activating group) is 1. The van der Waals surface area contributed by atoms with Crippen LogP contribution in [0.25, 0.3) is 0 Å². The minimum Gasteiger partial charge on any atom is -0.481 e. The monoisotopic (exact) mass is 654 g/mol. The molecule has 0 saturated heterocycles. The maximum Gasteiger partial charge on any atom is 0.309 e. The first-order valence-electron chi connectivity index (χ1n) is 18.2. The zero-order valence-electron chi connectivity index (χ0n) is 31.1. The van der Waals surface area contributed by atoms with Crippen molar-refractivity contribution >= 4 is 23.6 Å². The van der Waals surface area contributed by atoms with Gasteiger partial charge in [-0.25, -0.2) is 0 Å². The van der Waals surface area contributed by atoms with Gasteiger partial charge in [0.2, 0.25) is 5.91 Å². The molecular weight excluding hydrogens is 592 g/mol. The number of carbonyl (C=O) groups is 4. The molecule has 0 aromatic heterocycles. The first-order valence-corrected chi connectivity index (χ1v) is 18.2. The second kappa shape index (κ2) is 11.7. The number of carboxylic acid groups (broad SMARTS) is 1. The molecule has 8 atom stereocenters. The van der Waals surface area contributed by atoms with Crippen LogP contribution < -0.4 is 5.32 Å². The van der Waals surface area contributed by atoms with Crippen molar-refractivity contribution in [3.05, 3.63) is 11.1 Å². The Bertz CT molecular complexity index is 1360. The molecule has 8 heteroatoms. The molecule has 0 radical (unpaired) electrons. The van der Waals surface area contributed by atoms with Crippen molar-refractivity contribution in [2.45, 2.75) is 138 Å². The summed E-state index contributed by atoms with van der Waals surface area (Å²) in [5.74, 6) is -0.256. The number of fused-ring (bicyclic) bond motifs is 6. The number of esters is 1. The molecule has 0 heterocycles. The van der Waals surface area contributed by atoms with Crippen LogP contribution in [0.3, 0.4) is 0 Å². The summed E-state index contributed by atoms with van der Waals surface area (Å²) >= 11 is 0. The fourth-order valence-corrected chi connectivity index (χ4v) is 12.1. The van der Waals surface area contributed by atoms with E-state index in [1.165, 1.54) is 11.1 Å². The van der Waals surface area contributed by atoms with Crippen molar-refractivity contribution in [3.8, 4) is 0 Å². The van der Waals surface area contributed by atoms with Gasteiger partial charge in [-0.3, -0.25) is 19.2 Å². The third-order valence-electron chi connectivity index (χ3n) is 14.6. The first-order chi connectivity index (χ1) is 21.6. The van der Waals surface area contributed by atoms with Gasteiger partial charge < -0.3 is 20.1 Å². The van der Waals surface area contributed by atoms with Gasteiger partial charge in [-0.15, -0.1) is 0 Å². The van der Waals surface area contributed by atoms with E-state index >= 15 is 0 Å². The third-order valence-corrected chi connectivity index (χ3v) is 14.6. The Morgan fingerprint density at radius 2 is 1.64 bits per heavy atom. The van der Waals surface area contributed by atoms with E-state index in [4.69, 9.17) is 4.74 Å². The Balaban J connectivity index is 1.48. The second-order valence-corrected chi connectivity index (χ2v) is 18.8. The molecule has 1 unspecified atom stereocenters. The smallest absolute Gasteiger partial charge is 0.309 e. The van der Waals surface area contributed by atoms with Crippen molar-refractivity contribution in [3.63, 3.8) is 0 Å². The molecule has 47 heavy (non-hydrogen) atoms. The summed E-state index contributed by atoms with van der Waals surface area (Å²) in [7, 11) is 3.81. The van der Waals surface area contributed by atoms with Crippen LogP contribution in [0, 0.1) is 50.7 Å². The molecule has 264 valence electrons. The molecule has 4 fully saturated rings. The third kappa shape index (κ3) is 5.51. The zero-order chi connectivity index (χ0) is 35.1. The number of ether oxygens (including phenoxy) is 1. The second-order valence-electron chi connectivity index (χ2n) is 18.8. The minimum atomic E-state index is -1.16. The fourth-order valence-electron chi connectivity index (χ4n) is 12.1. The Labute approximate surface area is 283 Å². The van der Waals surface area contributed by atoms with E-state index in [1.807, 2.05) is 19.0 Å². The number of Topliss-reactive ketones (excluding diaryl/α,β-unsaturated/α-hetero) is 1. The van der Waals surface area contributed by atoms with Gasteiger partial charge in [0, 0.05) is 17.8 Å². The number of hydrogen-bond donors (Lipinski definition) is 2. The number of rotatable bonds is 8. The molecular formula is C39H62N2O6. The van der Waals surface area contributed by atoms with E-state index in [1.54, 1.807) is 13.8 Å². The lowest BCUT2D eigenvalue weighted by Crippen LogP contribution is -2.65. The van der Waals surface area contributed by atoms with Crippen LogP contribution in [0.5, 0.6) is 0 Å². The SMILES string of the molecule is CC(C)C1C(=O)C[C@]2(NC(=O)CN(C)C)CC[C@]3(C)C(=C12)CC[C@@H]1[C@@]2(C)CC[C@H](OC(=O)CC(C)(C)C(=O)O)C(C)(C)[C@@H]2CC[C@]13C. The number of carboxylic acids is 1. The number of allylic oxidation sites excluding steroid dienone is 1. The molecule has 2 N–H and O–H groups in total. The molecule has 0 aromatic carbocycles. The van der Waals surface area contributed by atoms with Gasteiger partial charge in [-0.1, -0.05) is 54.0 Å². The molecule has 8 nitrogen and oxygen atoms in total. The van der Waals surface area contributed by atoms with E-state index in [-0.39, 0.29) is 57.7 Å². The summed E-state index contributed by atoms with van der Waals surface area (Å²) in [4.78, 5) is 53.7. The largest absolute Gasteiger partial charge is 0.481 e. The number of amides is 1. The van der Waals surface area contributed by atoms with E-state index < -0.39 is 22.9 Å². The highest BCUT2D eigenvalue weighted by molar-refractivity contribution is 5.93. The quantitative estimate of drug-likeness (QED) is 0.218. The van der Waals surface area contributed by atoms with Crippen LogP contribution in [0.4, 0.5) is 0 Å². The number of aliphatic carboxylic acids is 1. The van der Waals surface area contributed by atoms with Gasteiger partial charge in [0.15, 0.2) is 0 Å². The lowest BCUT2D eigenvalue weighted by molar-refractivity contribution is -0.214. The molecule has 1 amide bonds. The van der Waals surface area contributed by atoms with E-state index in [0.717, 1.165) is 51.4 Å². The molecule has 0 bridgehead atoms. The maximum atomic E-state index is 13.8. The molecule has 5 aliphatic carbocycles.